The molecule has 1 aromatic heterocycles. The van der Waals surface area contributed by atoms with E-state index in [0.717, 1.165) is 17.1 Å². The van der Waals surface area contributed by atoms with Crippen LogP contribution in [0.5, 0.6) is 0 Å². The highest BCUT2D eigenvalue weighted by molar-refractivity contribution is 6.42. The topological polar surface area (TPSA) is 84.2 Å². The lowest BCUT2D eigenvalue weighted by Gasteiger charge is -2.07. The summed E-state index contributed by atoms with van der Waals surface area (Å²) in [6.07, 6.45) is 2.19. The van der Waals surface area contributed by atoms with Crippen molar-refractivity contribution in [3.63, 3.8) is 0 Å². The lowest BCUT2D eigenvalue weighted by Crippen LogP contribution is -2.22. The first kappa shape index (κ1) is 13.4. The van der Waals surface area contributed by atoms with Gasteiger partial charge >= 0.3 is 12.0 Å². The van der Waals surface area contributed by atoms with Gasteiger partial charge in [-0.2, -0.15) is 0 Å². The lowest BCUT2D eigenvalue weighted by molar-refractivity contribution is 0.0687. The van der Waals surface area contributed by atoms with E-state index in [2.05, 4.69) is 10.3 Å². The molecular weight excluding hydrogens is 293 g/mol. The summed E-state index contributed by atoms with van der Waals surface area (Å²) >= 11 is 11.6. The first-order valence-corrected chi connectivity index (χ1v) is 5.76. The molecule has 2 N–H and O–H groups in total. The summed E-state index contributed by atoms with van der Waals surface area (Å²) in [5, 5.41) is 12.0. The summed E-state index contributed by atoms with van der Waals surface area (Å²) < 4.78 is 0.880. The molecule has 6 nitrogen and oxygen atoms in total. The van der Waals surface area contributed by atoms with Gasteiger partial charge in [0.15, 0.2) is 5.69 Å². The molecule has 8 heteroatoms. The number of hydrogen-bond acceptors (Lipinski definition) is 3. The fraction of sp³-hybridized carbons (Fsp3) is 0. The normalized spacial score (nSPS) is 10.2. The van der Waals surface area contributed by atoms with Crippen molar-refractivity contribution in [2.75, 3.05) is 5.32 Å². The van der Waals surface area contributed by atoms with Gasteiger partial charge in [0.25, 0.3) is 0 Å². The van der Waals surface area contributed by atoms with Gasteiger partial charge < -0.3 is 10.4 Å². The minimum atomic E-state index is -1.25. The molecule has 0 atom stereocenters. The Balaban J connectivity index is 2.23. The number of nitrogens with zero attached hydrogens (tertiary/aromatic N) is 2. The number of imidazole rings is 1. The van der Waals surface area contributed by atoms with Crippen LogP contribution in [0.3, 0.4) is 0 Å². The quantitative estimate of drug-likeness (QED) is 0.893. The van der Waals surface area contributed by atoms with Crippen LogP contribution in [0.2, 0.25) is 10.0 Å². The molecule has 1 amide bonds. The van der Waals surface area contributed by atoms with Crippen molar-refractivity contribution in [3.05, 3.63) is 46.5 Å². The van der Waals surface area contributed by atoms with E-state index in [1.165, 1.54) is 12.1 Å². The average molecular weight is 300 g/mol. The number of carbonyl (C=O) groups excluding carboxylic acids is 1. The van der Waals surface area contributed by atoms with Crippen LogP contribution >= 0.6 is 23.2 Å². The van der Waals surface area contributed by atoms with E-state index in [1.54, 1.807) is 6.07 Å². The molecule has 0 aliphatic carbocycles. The van der Waals surface area contributed by atoms with Crippen LogP contribution in [-0.4, -0.2) is 26.7 Å². The third-order valence-electron chi connectivity index (χ3n) is 2.25. The van der Waals surface area contributed by atoms with Crippen molar-refractivity contribution >= 4 is 40.9 Å². The van der Waals surface area contributed by atoms with Gasteiger partial charge in [0.1, 0.15) is 6.33 Å². The van der Waals surface area contributed by atoms with Crippen molar-refractivity contribution in [3.8, 4) is 0 Å². The minimum absolute atomic E-state index is 0.238. The number of carbonyl (C=O) groups is 2. The molecule has 0 aliphatic heterocycles. The van der Waals surface area contributed by atoms with E-state index < -0.39 is 12.0 Å². The Hall–Kier alpha value is -2.05. The van der Waals surface area contributed by atoms with Gasteiger partial charge in [0.05, 0.1) is 16.2 Å². The summed E-state index contributed by atoms with van der Waals surface area (Å²) in [6.45, 7) is 0. The summed E-state index contributed by atoms with van der Waals surface area (Å²) in [6, 6.07) is 3.86. The Morgan fingerprint density at radius 1 is 1.26 bits per heavy atom. The number of rotatable bonds is 2. The van der Waals surface area contributed by atoms with Crippen molar-refractivity contribution in [2.24, 2.45) is 0 Å². The Labute approximate surface area is 117 Å². The monoisotopic (exact) mass is 299 g/mol. The highest BCUT2D eigenvalue weighted by Gasteiger charge is 2.15. The van der Waals surface area contributed by atoms with Gasteiger partial charge in [-0.3, -0.25) is 0 Å². The number of carboxylic acid groups (broad SMARTS) is 1. The molecule has 19 heavy (non-hydrogen) atoms. The summed E-state index contributed by atoms with van der Waals surface area (Å²) in [7, 11) is 0. The molecule has 0 aliphatic rings. The molecule has 2 rings (SSSR count). The lowest BCUT2D eigenvalue weighted by atomic mass is 10.3. The zero-order chi connectivity index (χ0) is 14.0. The van der Waals surface area contributed by atoms with Crippen LogP contribution in [0, 0.1) is 0 Å². The number of benzene rings is 1. The first-order chi connectivity index (χ1) is 8.99. The van der Waals surface area contributed by atoms with Crippen LogP contribution in [0.15, 0.2) is 30.7 Å². The second-order valence-electron chi connectivity index (χ2n) is 3.51. The van der Waals surface area contributed by atoms with Gasteiger partial charge in [-0.1, -0.05) is 23.2 Å². The number of aromatic carboxylic acids is 1. The van der Waals surface area contributed by atoms with Crippen LogP contribution in [0.4, 0.5) is 10.5 Å². The molecule has 0 radical (unpaired) electrons. The summed E-state index contributed by atoms with van der Waals surface area (Å²) in [4.78, 5) is 26.3. The zero-order valence-corrected chi connectivity index (χ0v) is 10.8. The first-order valence-electron chi connectivity index (χ1n) is 5.01. The second kappa shape index (κ2) is 5.29. The predicted octanol–water partition coefficient (Wildman–Crippen LogP) is 2.97. The summed E-state index contributed by atoms with van der Waals surface area (Å²) in [5.41, 5.74) is 0.155. The standard InChI is InChI=1S/C11H7Cl2N3O3/c12-7-2-1-6(3-8(7)13)15-11(19)16-5-14-4-9(16)10(17)18/h1-5H,(H,15,19)(H,17,18). The Morgan fingerprint density at radius 3 is 2.63 bits per heavy atom. The van der Waals surface area contributed by atoms with E-state index in [4.69, 9.17) is 28.3 Å². The van der Waals surface area contributed by atoms with E-state index in [9.17, 15) is 9.59 Å². The van der Waals surface area contributed by atoms with Crippen LogP contribution in [0.25, 0.3) is 0 Å². The van der Waals surface area contributed by atoms with Crippen molar-refractivity contribution in [1.82, 2.24) is 9.55 Å². The third kappa shape index (κ3) is 2.86. The summed E-state index contributed by atoms with van der Waals surface area (Å²) in [5.74, 6) is -1.25. The van der Waals surface area contributed by atoms with Gasteiger partial charge in [-0.05, 0) is 18.2 Å². The van der Waals surface area contributed by atoms with Crippen molar-refractivity contribution < 1.29 is 14.7 Å². The number of anilines is 1. The fourth-order valence-corrected chi connectivity index (χ4v) is 1.67. The molecule has 0 bridgehead atoms. The maximum Gasteiger partial charge on any atom is 0.354 e. The molecular formula is C11H7Cl2N3O3. The fourth-order valence-electron chi connectivity index (χ4n) is 1.37. The van der Waals surface area contributed by atoms with Gasteiger partial charge in [-0.25, -0.2) is 19.1 Å². The second-order valence-corrected chi connectivity index (χ2v) is 4.33. The maximum atomic E-state index is 11.9. The molecule has 0 spiro atoms. The molecule has 1 aromatic carbocycles. The zero-order valence-electron chi connectivity index (χ0n) is 9.30. The maximum absolute atomic E-state index is 11.9. The molecule has 0 saturated carbocycles. The number of amides is 1. The molecule has 0 unspecified atom stereocenters. The highest BCUT2D eigenvalue weighted by Crippen LogP contribution is 2.25. The molecule has 98 valence electrons. The van der Waals surface area contributed by atoms with Crippen LogP contribution in [0.1, 0.15) is 10.5 Å². The number of hydrogen-bond donors (Lipinski definition) is 2. The Bertz CT molecular complexity index is 654. The average Bonchev–Trinajstić information content (AvgIpc) is 2.83. The highest BCUT2D eigenvalue weighted by atomic mass is 35.5. The van der Waals surface area contributed by atoms with E-state index in [-0.39, 0.29) is 10.7 Å². The smallest absolute Gasteiger partial charge is 0.354 e. The minimum Gasteiger partial charge on any atom is -0.477 e. The van der Waals surface area contributed by atoms with E-state index in [1.807, 2.05) is 0 Å². The largest absolute Gasteiger partial charge is 0.477 e. The van der Waals surface area contributed by atoms with E-state index >= 15 is 0 Å². The van der Waals surface area contributed by atoms with Crippen molar-refractivity contribution in [2.45, 2.75) is 0 Å². The van der Waals surface area contributed by atoms with Crippen molar-refractivity contribution in [1.29, 1.82) is 0 Å². The van der Waals surface area contributed by atoms with Crippen LogP contribution in [-0.2, 0) is 0 Å². The van der Waals surface area contributed by atoms with Gasteiger partial charge in [0.2, 0.25) is 0 Å². The Morgan fingerprint density at radius 2 is 2.00 bits per heavy atom. The number of nitrogens with one attached hydrogen (secondary N) is 1. The Kier molecular flexibility index (Phi) is 3.73. The molecule has 1 heterocycles. The number of carboxylic acids is 1. The molecule has 0 fully saturated rings. The predicted molar refractivity (Wildman–Crippen MR) is 70.1 cm³/mol. The van der Waals surface area contributed by atoms with Gasteiger partial charge in [0, 0.05) is 5.69 Å². The number of halogens is 2. The number of aromatic nitrogens is 2. The van der Waals surface area contributed by atoms with Gasteiger partial charge in [-0.15, -0.1) is 0 Å². The van der Waals surface area contributed by atoms with E-state index in [0.29, 0.717) is 10.7 Å². The SMILES string of the molecule is O=C(O)c1cncn1C(=O)Nc1ccc(Cl)c(Cl)c1. The molecule has 2 aromatic rings. The van der Waals surface area contributed by atoms with Crippen LogP contribution < -0.4 is 5.32 Å². The third-order valence-corrected chi connectivity index (χ3v) is 2.99. The molecule has 0 saturated heterocycles.